The number of hydrogen-bond donors (Lipinski definition) is 1. The molecule has 1 atom stereocenters. The third-order valence-electron chi connectivity index (χ3n) is 1.79. The van der Waals surface area contributed by atoms with Crippen LogP contribution in [0.1, 0.15) is 33.1 Å². The number of hydrogen-bond acceptors (Lipinski definition) is 1. The van der Waals surface area contributed by atoms with E-state index in [-0.39, 0.29) is 12.5 Å². The van der Waals surface area contributed by atoms with Crippen molar-refractivity contribution in [3.8, 4) is 11.8 Å². The van der Waals surface area contributed by atoms with Gasteiger partial charge in [0.2, 0.25) is 0 Å². The van der Waals surface area contributed by atoms with E-state index in [1.165, 1.54) is 0 Å². The van der Waals surface area contributed by atoms with E-state index in [1.54, 1.807) is 6.92 Å². The first kappa shape index (κ1) is 13.3. The molecule has 0 aromatic heterocycles. The summed E-state index contributed by atoms with van der Waals surface area (Å²) in [5.74, 6) is 5.47. The maximum absolute atomic E-state index is 11.9. The summed E-state index contributed by atoms with van der Waals surface area (Å²) < 4.78 is 35.7. The largest absolute Gasteiger partial charge is 0.389 e. The van der Waals surface area contributed by atoms with Gasteiger partial charge in [-0.15, -0.1) is 11.8 Å². The fraction of sp³-hybridized carbons (Fsp3) is 0.800. The van der Waals surface area contributed by atoms with Crippen molar-refractivity contribution in [2.24, 2.45) is 0 Å². The maximum Gasteiger partial charge on any atom is 0.389 e. The second-order valence-electron chi connectivity index (χ2n) is 3.04. The minimum atomic E-state index is -4.06. The Hall–Kier alpha value is -0.690. The van der Waals surface area contributed by atoms with Crippen LogP contribution in [-0.4, -0.2) is 18.8 Å². The number of nitrogens with one attached hydrogen (secondary N) is 1. The molecule has 0 amide bonds. The van der Waals surface area contributed by atoms with Crippen LogP contribution in [0.2, 0.25) is 0 Å². The van der Waals surface area contributed by atoms with Crippen LogP contribution in [0.25, 0.3) is 0 Å². The molecule has 1 unspecified atom stereocenters. The molecule has 0 radical (unpaired) electrons. The van der Waals surface area contributed by atoms with E-state index in [4.69, 9.17) is 0 Å². The number of rotatable bonds is 5. The van der Waals surface area contributed by atoms with E-state index >= 15 is 0 Å². The molecule has 0 aliphatic carbocycles. The lowest BCUT2D eigenvalue weighted by Gasteiger charge is -2.15. The van der Waals surface area contributed by atoms with Crippen molar-refractivity contribution in [2.45, 2.75) is 45.3 Å². The summed E-state index contributed by atoms with van der Waals surface area (Å²) >= 11 is 0. The Kier molecular flexibility index (Phi) is 6.39. The van der Waals surface area contributed by atoms with Crippen LogP contribution in [0.4, 0.5) is 13.2 Å². The Morgan fingerprint density at radius 1 is 1.36 bits per heavy atom. The molecular formula is C10H16F3N. The molecule has 1 nitrogen and oxygen atoms in total. The monoisotopic (exact) mass is 207 g/mol. The molecule has 0 spiro atoms. The highest BCUT2D eigenvalue weighted by atomic mass is 19.4. The van der Waals surface area contributed by atoms with E-state index in [0.717, 1.165) is 0 Å². The predicted molar refractivity (Wildman–Crippen MR) is 50.8 cm³/mol. The van der Waals surface area contributed by atoms with E-state index in [0.29, 0.717) is 13.0 Å². The van der Waals surface area contributed by atoms with Crippen LogP contribution in [0, 0.1) is 11.8 Å². The molecule has 0 bridgehead atoms. The number of alkyl halides is 3. The second kappa shape index (κ2) is 6.72. The smallest absolute Gasteiger partial charge is 0.313 e. The topological polar surface area (TPSA) is 12.0 Å². The van der Waals surface area contributed by atoms with Crippen LogP contribution < -0.4 is 5.32 Å². The summed E-state index contributed by atoms with van der Waals surface area (Å²) in [6, 6.07) is -0.144. The lowest BCUT2D eigenvalue weighted by atomic mass is 10.1. The van der Waals surface area contributed by atoms with Gasteiger partial charge in [-0.2, -0.15) is 13.2 Å². The summed E-state index contributed by atoms with van der Waals surface area (Å²) in [4.78, 5) is 0. The van der Waals surface area contributed by atoms with Crippen molar-refractivity contribution >= 4 is 0 Å². The zero-order valence-corrected chi connectivity index (χ0v) is 8.54. The SMILES string of the molecule is CC#CCC(CCC(F)(F)F)NCC. The van der Waals surface area contributed by atoms with Crippen LogP contribution in [-0.2, 0) is 0 Å². The molecule has 0 saturated carbocycles. The van der Waals surface area contributed by atoms with E-state index in [9.17, 15) is 13.2 Å². The summed E-state index contributed by atoms with van der Waals surface area (Å²) in [7, 11) is 0. The number of halogens is 3. The first-order valence-corrected chi connectivity index (χ1v) is 4.69. The molecule has 82 valence electrons. The molecule has 4 heteroatoms. The fourth-order valence-corrected chi connectivity index (χ4v) is 1.13. The van der Waals surface area contributed by atoms with Gasteiger partial charge >= 0.3 is 6.18 Å². The van der Waals surface area contributed by atoms with Crippen LogP contribution in [0.5, 0.6) is 0 Å². The van der Waals surface area contributed by atoms with Crippen molar-refractivity contribution in [3.05, 3.63) is 0 Å². The second-order valence-corrected chi connectivity index (χ2v) is 3.04. The molecule has 0 fully saturated rings. The molecule has 14 heavy (non-hydrogen) atoms. The zero-order chi connectivity index (χ0) is 11.0. The minimum Gasteiger partial charge on any atom is -0.313 e. The van der Waals surface area contributed by atoms with Gasteiger partial charge in [0.05, 0.1) is 0 Å². The molecular weight excluding hydrogens is 191 g/mol. The molecule has 0 aliphatic rings. The molecule has 0 saturated heterocycles. The van der Waals surface area contributed by atoms with Gasteiger partial charge in [-0.05, 0) is 19.9 Å². The highest BCUT2D eigenvalue weighted by Crippen LogP contribution is 2.22. The summed E-state index contributed by atoms with van der Waals surface area (Å²) in [6.07, 6.45) is -4.21. The van der Waals surface area contributed by atoms with Crippen molar-refractivity contribution in [1.82, 2.24) is 5.32 Å². The minimum absolute atomic E-state index is 0.103. The lowest BCUT2D eigenvalue weighted by Crippen LogP contribution is -2.29. The highest BCUT2D eigenvalue weighted by molar-refractivity contribution is 4.98. The van der Waals surface area contributed by atoms with Gasteiger partial charge in [0.1, 0.15) is 0 Å². The van der Waals surface area contributed by atoms with Gasteiger partial charge in [0.25, 0.3) is 0 Å². The van der Waals surface area contributed by atoms with Gasteiger partial charge in [-0.3, -0.25) is 0 Å². The van der Waals surface area contributed by atoms with Gasteiger partial charge in [-0.1, -0.05) is 6.92 Å². The summed E-state index contributed by atoms with van der Waals surface area (Å²) in [5.41, 5.74) is 0. The predicted octanol–water partition coefficient (Wildman–Crippen LogP) is 2.72. The third-order valence-corrected chi connectivity index (χ3v) is 1.79. The Labute approximate surface area is 83.1 Å². The van der Waals surface area contributed by atoms with Gasteiger partial charge in [-0.25, -0.2) is 0 Å². The quantitative estimate of drug-likeness (QED) is 0.683. The third kappa shape index (κ3) is 7.93. The summed E-state index contributed by atoms with van der Waals surface area (Å²) in [5, 5.41) is 2.99. The van der Waals surface area contributed by atoms with Crippen molar-refractivity contribution in [2.75, 3.05) is 6.54 Å². The van der Waals surface area contributed by atoms with Crippen molar-refractivity contribution < 1.29 is 13.2 Å². The van der Waals surface area contributed by atoms with Crippen LogP contribution >= 0.6 is 0 Å². The first-order valence-electron chi connectivity index (χ1n) is 4.69. The van der Waals surface area contributed by atoms with E-state index in [2.05, 4.69) is 17.2 Å². The molecule has 0 heterocycles. The molecule has 0 rings (SSSR count). The fourth-order valence-electron chi connectivity index (χ4n) is 1.13. The normalized spacial score (nSPS) is 13.2. The Morgan fingerprint density at radius 3 is 2.43 bits per heavy atom. The molecule has 1 N–H and O–H groups in total. The summed E-state index contributed by atoms with van der Waals surface area (Å²) in [6.45, 7) is 4.24. The van der Waals surface area contributed by atoms with E-state index in [1.807, 2.05) is 6.92 Å². The van der Waals surface area contributed by atoms with Crippen molar-refractivity contribution in [1.29, 1.82) is 0 Å². The first-order chi connectivity index (χ1) is 6.49. The van der Waals surface area contributed by atoms with Crippen LogP contribution in [0.15, 0.2) is 0 Å². The van der Waals surface area contributed by atoms with Gasteiger partial charge < -0.3 is 5.32 Å². The van der Waals surface area contributed by atoms with E-state index < -0.39 is 12.6 Å². The average molecular weight is 207 g/mol. The van der Waals surface area contributed by atoms with Gasteiger partial charge in [0, 0.05) is 18.9 Å². The average Bonchev–Trinajstić information content (AvgIpc) is 2.08. The highest BCUT2D eigenvalue weighted by Gasteiger charge is 2.27. The molecule has 0 aromatic carbocycles. The van der Waals surface area contributed by atoms with Crippen LogP contribution in [0.3, 0.4) is 0 Å². The Bertz CT molecular complexity index is 200. The Morgan fingerprint density at radius 2 is 2.00 bits per heavy atom. The lowest BCUT2D eigenvalue weighted by molar-refractivity contribution is -0.136. The Balaban J connectivity index is 3.88. The van der Waals surface area contributed by atoms with Crippen molar-refractivity contribution in [3.63, 3.8) is 0 Å². The standard InChI is InChI=1S/C10H16F3N/c1-3-5-6-9(14-4-2)7-8-10(11,12)13/h9,14H,4,6-8H2,1-2H3. The van der Waals surface area contributed by atoms with Gasteiger partial charge in [0.15, 0.2) is 0 Å². The molecule has 0 aliphatic heterocycles. The molecule has 0 aromatic rings. The maximum atomic E-state index is 11.9. The zero-order valence-electron chi connectivity index (χ0n) is 8.54.